The second kappa shape index (κ2) is 5.92. The van der Waals surface area contributed by atoms with Gasteiger partial charge >= 0.3 is 6.18 Å². The van der Waals surface area contributed by atoms with Crippen molar-refractivity contribution in [1.29, 1.82) is 0 Å². The molecule has 0 aliphatic rings. The van der Waals surface area contributed by atoms with Gasteiger partial charge in [0.05, 0.1) is 12.2 Å². The molecule has 2 aromatic heterocycles. The van der Waals surface area contributed by atoms with Crippen molar-refractivity contribution in [2.45, 2.75) is 12.8 Å². The van der Waals surface area contributed by atoms with Gasteiger partial charge in [-0.05, 0) is 23.8 Å². The maximum Gasteiger partial charge on any atom is 0.416 e. The molecule has 4 nitrogen and oxygen atoms in total. The molecule has 0 aliphatic carbocycles. The molecule has 0 amide bonds. The number of nitrogens with zero attached hydrogens (tertiary/aromatic N) is 2. The first kappa shape index (κ1) is 15.4. The number of imidazole rings is 1. The number of alkyl halides is 3. The Morgan fingerprint density at radius 1 is 1.13 bits per heavy atom. The Hall–Kier alpha value is -2.54. The first-order valence-corrected chi connectivity index (χ1v) is 6.77. The Morgan fingerprint density at radius 2 is 1.87 bits per heavy atom. The number of ether oxygens (including phenoxy) is 2. The SMILES string of the molecule is COCc1ccc(Oc2cc(C(F)(F)F)cc3nccn23)cc1. The van der Waals surface area contributed by atoms with E-state index in [0.717, 1.165) is 17.7 Å². The molecular weight excluding hydrogens is 309 g/mol. The molecule has 1 aromatic carbocycles. The Bertz CT molecular complexity index is 810. The van der Waals surface area contributed by atoms with Crippen molar-refractivity contribution >= 4 is 5.65 Å². The zero-order valence-corrected chi connectivity index (χ0v) is 12.2. The second-order valence-corrected chi connectivity index (χ2v) is 4.91. The fourth-order valence-corrected chi connectivity index (χ4v) is 2.17. The van der Waals surface area contributed by atoms with Gasteiger partial charge in [0.25, 0.3) is 0 Å². The van der Waals surface area contributed by atoms with E-state index in [0.29, 0.717) is 12.4 Å². The number of methoxy groups -OCH3 is 1. The largest absolute Gasteiger partial charge is 0.440 e. The smallest absolute Gasteiger partial charge is 0.416 e. The van der Waals surface area contributed by atoms with E-state index in [4.69, 9.17) is 9.47 Å². The van der Waals surface area contributed by atoms with Gasteiger partial charge in [0.15, 0.2) is 0 Å². The predicted octanol–water partition coefficient (Wildman–Crippen LogP) is 4.29. The first-order chi connectivity index (χ1) is 11.0. The Kier molecular flexibility index (Phi) is 3.96. The Morgan fingerprint density at radius 3 is 2.52 bits per heavy atom. The lowest BCUT2D eigenvalue weighted by molar-refractivity contribution is -0.137. The maximum atomic E-state index is 13.0. The fourth-order valence-electron chi connectivity index (χ4n) is 2.17. The summed E-state index contributed by atoms with van der Waals surface area (Å²) in [5, 5.41) is 0. The highest BCUT2D eigenvalue weighted by Gasteiger charge is 2.32. The Balaban J connectivity index is 1.96. The van der Waals surface area contributed by atoms with Crippen LogP contribution in [0.3, 0.4) is 0 Å². The third kappa shape index (κ3) is 3.29. The minimum Gasteiger partial charge on any atom is -0.440 e. The molecular formula is C16H13F3N2O2. The minimum atomic E-state index is -4.46. The number of pyridine rings is 1. The van der Waals surface area contributed by atoms with Crippen molar-refractivity contribution in [3.05, 3.63) is 59.9 Å². The van der Waals surface area contributed by atoms with Crippen LogP contribution in [-0.4, -0.2) is 16.5 Å². The van der Waals surface area contributed by atoms with Crippen LogP contribution in [0.15, 0.2) is 48.8 Å². The lowest BCUT2D eigenvalue weighted by atomic mass is 10.2. The number of hydrogen-bond donors (Lipinski definition) is 0. The van der Waals surface area contributed by atoms with Crippen LogP contribution < -0.4 is 4.74 Å². The number of rotatable bonds is 4. The van der Waals surface area contributed by atoms with E-state index in [1.165, 1.54) is 10.6 Å². The molecule has 3 aromatic rings. The van der Waals surface area contributed by atoms with E-state index in [9.17, 15) is 13.2 Å². The van der Waals surface area contributed by atoms with E-state index < -0.39 is 11.7 Å². The number of fused-ring (bicyclic) bond motifs is 1. The monoisotopic (exact) mass is 322 g/mol. The average molecular weight is 322 g/mol. The molecule has 0 saturated carbocycles. The van der Waals surface area contributed by atoms with Gasteiger partial charge in [-0.3, -0.25) is 4.40 Å². The molecule has 0 radical (unpaired) electrons. The lowest BCUT2D eigenvalue weighted by Gasteiger charge is -2.12. The van der Waals surface area contributed by atoms with Crippen molar-refractivity contribution in [3.8, 4) is 11.6 Å². The summed E-state index contributed by atoms with van der Waals surface area (Å²) in [6, 6.07) is 8.87. The zero-order chi connectivity index (χ0) is 16.4. The molecule has 7 heteroatoms. The summed E-state index contributed by atoms with van der Waals surface area (Å²) in [6.07, 6.45) is -1.50. The van der Waals surface area contributed by atoms with Crippen molar-refractivity contribution in [2.75, 3.05) is 7.11 Å². The van der Waals surface area contributed by atoms with Gasteiger partial charge in [-0.2, -0.15) is 13.2 Å². The van der Waals surface area contributed by atoms with Crippen LogP contribution in [0.4, 0.5) is 13.2 Å². The van der Waals surface area contributed by atoms with Gasteiger partial charge in [-0.15, -0.1) is 0 Å². The van der Waals surface area contributed by atoms with Gasteiger partial charge in [-0.1, -0.05) is 12.1 Å². The maximum absolute atomic E-state index is 13.0. The summed E-state index contributed by atoms with van der Waals surface area (Å²) in [6.45, 7) is 0.454. The van der Waals surface area contributed by atoms with E-state index in [-0.39, 0.29) is 11.5 Å². The lowest BCUT2D eigenvalue weighted by Crippen LogP contribution is -2.07. The van der Waals surface area contributed by atoms with E-state index in [2.05, 4.69) is 4.98 Å². The van der Waals surface area contributed by atoms with Gasteiger partial charge in [-0.25, -0.2) is 4.98 Å². The normalized spacial score (nSPS) is 11.8. The quantitative estimate of drug-likeness (QED) is 0.719. The standard InChI is InChI=1S/C16H13F3N2O2/c1-22-10-11-2-4-13(5-3-11)23-15-9-12(16(17,18)19)8-14-20-6-7-21(14)15/h2-9H,10H2,1H3. The molecule has 0 bridgehead atoms. The Labute approximate surface area is 130 Å². The minimum absolute atomic E-state index is 0.0480. The van der Waals surface area contributed by atoms with Crippen LogP contribution in [0.2, 0.25) is 0 Å². The van der Waals surface area contributed by atoms with Crippen LogP contribution in [0.5, 0.6) is 11.6 Å². The topological polar surface area (TPSA) is 35.8 Å². The molecule has 0 atom stereocenters. The summed E-state index contributed by atoms with van der Waals surface area (Å²) < 4.78 is 51.0. The first-order valence-electron chi connectivity index (χ1n) is 6.77. The van der Waals surface area contributed by atoms with Crippen molar-refractivity contribution < 1.29 is 22.6 Å². The van der Waals surface area contributed by atoms with Crippen LogP contribution in [0, 0.1) is 0 Å². The molecule has 2 heterocycles. The van der Waals surface area contributed by atoms with E-state index >= 15 is 0 Å². The highest BCUT2D eigenvalue weighted by Crippen LogP contribution is 2.34. The third-order valence-electron chi connectivity index (χ3n) is 3.25. The second-order valence-electron chi connectivity index (χ2n) is 4.91. The van der Waals surface area contributed by atoms with Gasteiger partial charge < -0.3 is 9.47 Å². The highest BCUT2D eigenvalue weighted by atomic mass is 19.4. The molecule has 120 valence electrons. The molecule has 0 saturated heterocycles. The summed E-state index contributed by atoms with van der Waals surface area (Å²) in [5.74, 6) is 0.478. The van der Waals surface area contributed by atoms with Gasteiger partial charge in [0.1, 0.15) is 11.4 Å². The summed E-state index contributed by atoms with van der Waals surface area (Å²) in [4.78, 5) is 3.90. The molecule has 0 fully saturated rings. The third-order valence-corrected chi connectivity index (χ3v) is 3.25. The summed E-state index contributed by atoms with van der Waals surface area (Å²) in [5.41, 5.74) is 0.310. The van der Waals surface area contributed by atoms with Crippen molar-refractivity contribution in [3.63, 3.8) is 0 Å². The molecule has 0 unspecified atom stereocenters. The molecule has 3 rings (SSSR count). The van der Waals surface area contributed by atoms with Crippen molar-refractivity contribution in [2.24, 2.45) is 0 Å². The summed E-state index contributed by atoms with van der Waals surface area (Å²) in [7, 11) is 1.59. The van der Waals surface area contributed by atoms with Crippen LogP contribution >= 0.6 is 0 Å². The molecule has 0 spiro atoms. The van der Waals surface area contributed by atoms with Gasteiger partial charge in [0.2, 0.25) is 5.88 Å². The summed E-state index contributed by atoms with van der Waals surface area (Å²) >= 11 is 0. The molecule has 23 heavy (non-hydrogen) atoms. The van der Waals surface area contributed by atoms with Crippen LogP contribution in [0.25, 0.3) is 5.65 Å². The number of hydrogen-bond acceptors (Lipinski definition) is 3. The molecule has 0 aliphatic heterocycles. The number of aromatic nitrogens is 2. The fraction of sp³-hybridized carbons (Fsp3) is 0.188. The van der Waals surface area contributed by atoms with Crippen LogP contribution in [0.1, 0.15) is 11.1 Å². The number of benzene rings is 1. The number of halogens is 3. The average Bonchev–Trinajstić information content (AvgIpc) is 2.97. The highest BCUT2D eigenvalue weighted by molar-refractivity contribution is 5.47. The van der Waals surface area contributed by atoms with E-state index in [1.54, 1.807) is 37.6 Å². The predicted molar refractivity (Wildman–Crippen MR) is 77.4 cm³/mol. The zero-order valence-electron chi connectivity index (χ0n) is 12.2. The van der Waals surface area contributed by atoms with Crippen molar-refractivity contribution in [1.82, 2.24) is 9.38 Å². The molecule has 0 N–H and O–H groups in total. The van der Waals surface area contributed by atoms with E-state index in [1.807, 2.05) is 0 Å². The van der Waals surface area contributed by atoms with Gasteiger partial charge in [0, 0.05) is 25.6 Å². The van der Waals surface area contributed by atoms with Crippen LogP contribution in [-0.2, 0) is 17.5 Å².